The van der Waals surface area contributed by atoms with Gasteiger partial charge in [-0.25, -0.2) is 0 Å². The summed E-state index contributed by atoms with van der Waals surface area (Å²) in [5, 5.41) is 3.41. The summed E-state index contributed by atoms with van der Waals surface area (Å²) in [7, 11) is 0. The molecule has 13 heavy (non-hydrogen) atoms. The van der Waals surface area contributed by atoms with Crippen molar-refractivity contribution in [1.29, 1.82) is 0 Å². The Bertz CT molecular complexity index is 119. The molecule has 1 saturated heterocycles. The van der Waals surface area contributed by atoms with Gasteiger partial charge in [0.2, 0.25) is 0 Å². The zero-order valence-corrected chi connectivity index (χ0v) is 8.60. The van der Waals surface area contributed by atoms with Gasteiger partial charge in [0.05, 0.1) is 0 Å². The van der Waals surface area contributed by atoms with Crippen LogP contribution >= 0.6 is 0 Å². The molecule has 1 N–H and O–H groups in total. The minimum absolute atomic E-state index is 1.02. The van der Waals surface area contributed by atoms with Crippen molar-refractivity contribution in [2.24, 2.45) is 5.92 Å². The predicted molar refractivity (Wildman–Crippen MR) is 55.9 cm³/mol. The number of rotatable bonds is 2. The average Bonchev–Trinajstić information content (AvgIpc) is 2.21. The van der Waals surface area contributed by atoms with Crippen molar-refractivity contribution in [3.8, 4) is 0 Å². The van der Waals surface area contributed by atoms with E-state index < -0.39 is 0 Å². The fraction of sp³-hybridized carbons (Fsp3) is 1.00. The van der Waals surface area contributed by atoms with Gasteiger partial charge in [-0.2, -0.15) is 0 Å². The molecule has 1 saturated carbocycles. The maximum absolute atomic E-state index is 3.41. The fourth-order valence-corrected chi connectivity index (χ4v) is 2.63. The lowest BCUT2D eigenvalue weighted by atomic mass is 9.89. The first-order valence-electron chi connectivity index (χ1n) is 5.88. The Labute approximate surface area is 81.7 Å². The van der Waals surface area contributed by atoms with E-state index >= 15 is 0 Å². The first-order valence-corrected chi connectivity index (χ1v) is 5.88. The molecule has 0 aromatic heterocycles. The van der Waals surface area contributed by atoms with Crippen molar-refractivity contribution in [3.63, 3.8) is 0 Å². The Kier molecular flexibility index (Phi) is 3.62. The first kappa shape index (κ1) is 9.47. The van der Waals surface area contributed by atoms with Gasteiger partial charge in [0.1, 0.15) is 0 Å². The topological polar surface area (TPSA) is 15.3 Å². The van der Waals surface area contributed by atoms with Crippen LogP contribution in [-0.2, 0) is 0 Å². The Morgan fingerprint density at radius 1 is 1.00 bits per heavy atom. The summed E-state index contributed by atoms with van der Waals surface area (Å²) >= 11 is 0. The molecule has 0 amide bonds. The van der Waals surface area contributed by atoms with E-state index in [1.807, 2.05) is 0 Å². The Hall–Kier alpha value is -0.0800. The molecule has 2 heteroatoms. The van der Waals surface area contributed by atoms with Crippen LogP contribution < -0.4 is 5.32 Å². The minimum atomic E-state index is 1.02. The smallest absolute Gasteiger partial charge is 0.0107 e. The number of hydrogen-bond acceptors (Lipinski definition) is 2. The third-order valence-electron chi connectivity index (χ3n) is 3.45. The van der Waals surface area contributed by atoms with Gasteiger partial charge in [-0.1, -0.05) is 19.3 Å². The molecule has 0 radical (unpaired) electrons. The van der Waals surface area contributed by atoms with Crippen LogP contribution in [0, 0.1) is 5.92 Å². The number of nitrogens with zero attached hydrogens (tertiary/aromatic N) is 1. The maximum Gasteiger partial charge on any atom is 0.0107 e. The van der Waals surface area contributed by atoms with Gasteiger partial charge in [0, 0.05) is 32.7 Å². The second kappa shape index (κ2) is 4.97. The molecule has 0 spiro atoms. The Morgan fingerprint density at radius 3 is 2.38 bits per heavy atom. The summed E-state index contributed by atoms with van der Waals surface area (Å²) in [4.78, 5) is 2.65. The van der Waals surface area contributed by atoms with E-state index in [0.717, 1.165) is 5.92 Å². The van der Waals surface area contributed by atoms with Gasteiger partial charge >= 0.3 is 0 Å². The van der Waals surface area contributed by atoms with E-state index in [0.29, 0.717) is 0 Å². The normalized spacial score (nSPS) is 27.7. The SMILES string of the molecule is C1CCC(CN2CCNCC2)CC1. The van der Waals surface area contributed by atoms with Gasteiger partial charge in [-0.3, -0.25) is 0 Å². The van der Waals surface area contributed by atoms with Gasteiger partial charge in [0.15, 0.2) is 0 Å². The molecule has 2 fully saturated rings. The lowest BCUT2D eigenvalue weighted by molar-refractivity contribution is 0.182. The molecule has 1 heterocycles. The second-order valence-electron chi connectivity index (χ2n) is 4.55. The largest absolute Gasteiger partial charge is 0.314 e. The van der Waals surface area contributed by atoms with Crippen molar-refractivity contribution >= 4 is 0 Å². The summed E-state index contributed by atoms with van der Waals surface area (Å²) in [6.45, 7) is 6.33. The highest BCUT2D eigenvalue weighted by atomic mass is 15.2. The zero-order chi connectivity index (χ0) is 8.93. The van der Waals surface area contributed by atoms with Gasteiger partial charge in [0.25, 0.3) is 0 Å². The van der Waals surface area contributed by atoms with E-state index in [2.05, 4.69) is 10.2 Å². The Morgan fingerprint density at radius 2 is 1.69 bits per heavy atom. The molecule has 2 rings (SSSR count). The van der Waals surface area contributed by atoms with E-state index in [-0.39, 0.29) is 0 Å². The van der Waals surface area contributed by atoms with Crippen molar-refractivity contribution in [1.82, 2.24) is 10.2 Å². The highest BCUT2D eigenvalue weighted by Crippen LogP contribution is 2.24. The average molecular weight is 182 g/mol. The van der Waals surface area contributed by atoms with Crippen molar-refractivity contribution in [2.45, 2.75) is 32.1 Å². The monoisotopic (exact) mass is 182 g/mol. The maximum atomic E-state index is 3.41. The van der Waals surface area contributed by atoms with Crippen LogP contribution in [0.4, 0.5) is 0 Å². The van der Waals surface area contributed by atoms with Crippen LogP contribution in [0.25, 0.3) is 0 Å². The zero-order valence-electron chi connectivity index (χ0n) is 8.60. The van der Waals surface area contributed by atoms with Crippen LogP contribution in [0.15, 0.2) is 0 Å². The van der Waals surface area contributed by atoms with E-state index in [4.69, 9.17) is 0 Å². The molecule has 1 aliphatic heterocycles. The third kappa shape index (κ3) is 2.96. The summed E-state index contributed by atoms with van der Waals surface area (Å²) in [5.74, 6) is 1.02. The van der Waals surface area contributed by atoms with E-state index in [1.54, 1.807) is 0 Å². The summed E-state index contributed by atoms with van der Waals surface area (Å²) in [6, 6.07) is 0. The molecule has 0 unspecified atom stereocenters. The lowest BCUT2D eigenvalue weighted by Gasteiger charge is -2.32. The molecule has 0 aromatic carbocycles. The van der Waals surface area contributed by atoms with Gasteiger partial charge < -0.3 is 10.2 Å². The quantitative estimate of drug-likeness (QED) is 0.696. The van der Waals surface area contributed by atoms with E-state index in [1.165, 1.54) is 64.8 Å². The van der Waals surface area contributed by atoms with Crippen LogP contribution in [0.1, 0.15) is 32.1 Å². The number of hydrogen-bond donors (Lipinski definition) is 1. The molecular formula is C11H22N2. The highest BCUT2D eigenvalue weighted by molar-refractivity contribution is 4.73. The Balaban J connectivity index is 1.69. The van der Waals surface area contributed by atoms with Crippen LogP contribution in [0.3, 0.4) is 0 Å². The predicted octanol–water partition coefficient (Wildman–Crippen LogP) is 1.47. The van der Waals surface area contributed by atoms with Crippen molar-refractivity contribution in [2.75, 3.05) is 32.7 Å². The van der Waals surface area contributed by atoms with Crippen molar-refractivity contribution < 1.29 is 0 Å². The number of piperazine rings is 1. The molecule has 2 aliphatic rings. The van der Waals surface area contributed by atoms with Crippen LogP contribution in [-0.4, -0.2) is 37.6 Å². The molecule has 2 nitrogen and oxygen atoms in total. The fourth-order valence-electron chi connectivity index (χ4n) is 2.63. The summed E-state index contributed by atoms with van der Waals surface area (Å²) < 4.78 is 0. The van der Waals surface area contributed by atoms with Crippen LogP contribution in [0.5, 0.6) is 0 Å². The molecule has 0 aromatic rings. The van der Waals surface area contributed by atoms with Gasteiger partial charge in [-0.05, 0) is 18.8 Å². The molecular weight excluding hydrogens is 160 g/mol. The van der Waals surface area contributed by atoms with Crippen molar-refractivity contribution in [3.05, 3.63) is 0 Å². The minimum Gasteiger partial charge on any atom is -0.314 e. The molecule has 0 atom stereocenters. The van der Waals surface area contributed by atoms with Crippen LogP contribution in [0.2, 0.25) is 0 Å². The molecule has 1 aliphatic carbocycles. The summed E-state index contributed by atoms with van der Waals surface area (Å²) in [5.41, 5.74) is 0. The standard InChI is InChI=1S/C11H22N2/c1-2-4-11(5-3-1)10-13-8-6-12-7-9-13/h11-12H,1-10H2. The second-order valence-corrected chi connectivity index (χ2v) is 4.55. The van der Waals surface area contributed by atoms with Gasteiger partial charge in [-0.15, -0.1) is 0 Å². The van der Waals surface area contributed by atoms with E-state index in [9.17, 15) is 0 Å². The highest BCUT2D eigenvalue weighted by Gasteiger charge is 2.17. The molecule has 76 valence electrons. The summed E-state index contributed by atoms with van der Waals surface area (Å²) in [6.07, 6.45) is 7.43. The number of nitrogens with one attached hydrogen (secondary N) is 1. The lowest BCUT2D eigenvalue weighted by Crippen LogP contribution is -2.45. The molecule has 0 bridgehead atoms. The third-order valence-corrected chi connectivity index (χ3v) is 3.45. The first-order chi connectivity index (χ1) is 6.45.